The van der Waals surface area contributed by atoms with Crippen LogP contribution in [0.5, 0.6) is 0 Å². The van der Waals surface area contributed by atoms with E-state index in [4.69, 9.17) is 0 Å². The van der Waals surface area contributed by atoms with E-state index in [0.29, 0.717) is 5.69 Å². The van der Waals surface area contributed by atoms with Crippen LogP contribution >= 0.6 is 0 Å². The molecular weight excluding hydrogens is 283 g/mol. The van der Waals surface area contributed by atoms with Crippen LogP contribution in [-0.4, -0.2) is 34.7 Å². The molecule has 21 heavy (non-hydrogen) atoms. The molecule has 0 spiro atoms. The number of nitrogens with zero attached hydrogens (tertiary/aromatic N) is 3. The molecule has 1 heterocycles. The third kappa shape index (κ3) is 2.76. The van der Waals surface area contributed by atoms with Gasteiger partial charge >= 0.3 is 6.18 Å². The minimum absolute atomic E-state index is 0.159. The van der Waals surface area contributed by atoms with E-state index in [1.807, 2.05) is 0 Å². The smallest absolute Gasteiger partial charge is 0.345 e. The summed E-state index contributed by atoms with van der Waals surface area (Å²) < 4.78 is 40.5. The van der Waals surface area contributed by atoms with Crippen molar-refractivity contribution >= 4 is 5.91 Å². The predicted molar refractivity (Wildman–Crippen MR) is 71.3 cm³/mol. The van der Waals surface area contributed by atoms with Crippen LogP contribution in [0.3, 0.4) is 0 Å². The molecule has 0 saturated heterocycles. The third-order valence-electron chi connectivity index (χ3n) is 3.01. The molecule has 1 aromatic carbocycles. The first-order valence-corrected chi connectivity index (χ1v) is 6.17. The zero-order valence-electron chi connectivity index (χ0n) is 11.8. The number of benzene rings is 1. The molecule has 4 nitrogen and oxygen atoms in total. The summed E-state index contributed by atoms with van der Waals surface area (Å²) in [4.78, 5) is 13.2. The second-order valence-electron chi connectivity index (χ2n) is 4.75. The van der Waals surface area contributed by atoms with Crippen LogP contribution in [0.25, 0.3) is 5.69 Å². The highest BCUT2D eigenvalue weighted by Gasteiger charge is 2.41. The van der Waals surface area contributed by atoms with Crippen molar-refractivity contribution in [3.8, 4) is 5.69 Å². The standard InChI is InChI=1S/C14H14F3N3O/c1-9-11(13(21)19(2)3)12(14(15,16)17)18-20(9)10-7-5-4-6-8-10/h4-8H,1-3H3. The highest BCUT2D eigenvalue weighted by atomic mass is 19.4. The summed E-state index contributed by atoms with van der Waals surface area (Å²) in [6.45, 7) is 1.45. The van der Waals surface area contributed by atoms with Crippen molar-refractivity contribution in [3.63, 3.8) is 0 Å². The fraction of sp³-hybridized carbons (Fsp3) is 0.286. The Labute approximate surface area is 119 Å². The van der Waals surface area contributed by atoms with Crippen LogP contribution in [0.4, 0.5) is 13.2 Å². The minimum atomic E-state index is -4.69. The highest BCUT2D eigenvalue weighted by molar-refractivity contribution is 5.96. The monoisotopic (exact) mass is 297 g/mol. The van der Waals surface area contributed by atoms with Crippen molar-refractivity contribution in [2.45, 2.75) is 13.1 Å². The van der Waals surface area contributed by atoms with Gasteiger partial charge in [0.2, 0.25) is 0 Å². The van der Waals surface area contributed by atoms with Crippen LogP contribution in [0.15, 0.2) is 30.3 Å². The molecule has 112 valence electrons. The summed E-state index contributed by atoms with van der Waals surface area (Å²) in [5.74, 6) is -0.720. The molecule has 0 bridgehead atoms. The van der Waals surface area contributed by atoms with Gasteiger partial charge < -0.3 is 4.90 Å². The second kappa shape index (κ2) is 5.23. The Hall–Kier alpha value is -2.31. The molecule has 0 fully saturated rings. The van der Waals surface area contributed by atoms with E-state index >= 15 is 0 Å². The summed E-state index contributed by atoms with van der Waals surface area (Å²) >= 11 is 0. The Morgan fingerprint density at radius 3 is 2.24 bits per heavy atom. The summed E-state index contributed by atoms with van der Waals surface area (Å²) in [6, 6.07) is 8.39. The maximum Gasteiger partial charge on any atom is 0.435 e. The van der Waals surface area contributed by atoms with Crippen molar-refractivity contribution in [2.75, 3.05) is 14.1 Å². The molecule has 1 aromatic heterocycles. The molecular formula is C14H14F3N3O. The Kier molecular flexibility index (Phi) is 3.76. The second-order valence-corrected chi connectivity index (χ2v) is 4.75. The third-order valence-corrected chi connectivity index (χ3v) is 3.01. The predicted octanol–water partition coefficient (Wildman–Crippen LogP) is 2.90. The van der Waals surface area contributed by atoms with Gasteiger partial charge in [0.1, 0.15) is 0 Å². The van der Waals surface area contributed by atoms with E-state index in [1.165, 1.54) is 21.0 Å². The topological polar surface area (TPSA) is 38.1 Å². The lowest BCUT2D eigenvalue weighted by Crippen LogP contribution is -2.25. The van der Waals surface area contributed by atoms with Gasteiger partial charge in [-0.15, -0.1) is 0 Å². The van der Waals surface area contributed by atoms with Crippen molar-refractivity contribution in [3.05, 3.63) is 47.3 Å². The first kappa shape index (κ1) is 15.1. The van der Waals surface area contributed by atoms with Crippen molar-refractivity contribution in [1.29, 1.82) is 0 Å². The van der Waals surface area contributed by atoms with E-state index in [0.717, 1.165) is 9.58 Å². The van der Waals surface area contributed by atoms with E-state index in [1.54, 1.807) is 30.3 Å². The van der Waals surface area contributed by atoms with Crippen molar-refractivity contribution in [2.24, 2.45) is 0 Å². The van der Waals surface area contributed by atoms with Gasteiger partial charge in [0.25, 0.3) is 5.91 Å². The average molecular weight is 297 g/mol. The van der Waals surface area contributed by atoms with Gasteiger partial charge in [-0.25, -0.2) is 4.68 Å². The van der Waals surface area contributed by atoms with E-state index in [9.17, 15) is 18.0 Å². The zero-order chi connectivity index (χ0) is 15.8. The van der Waals surface area contributed by atoms with Crippen LogP contribution < -0.4 is 0 Å². The number of para-hydroxylation sites is 1. The molecule has 0 radical (unpaired) electrons. The molecule has 0 atom stereocenters. The Morgan fingerprint density at radius 1 is 1.19 bits per heavy atom. The molecule has 0 aliphatic heterocycles. The normalized spacial score (nSPS) is 11.5. The molecule has 0 N–H and O–H groups in total. The lowest BCUT2D eigenvalue weighted by Gasteiger charge is -2.12. The van der Waals surface area contributed by atoms with Crippen LogP contribution in [-0.2, 0) is 6.18 Å². The number of rotatable bonds is 2. The molecule has 2 aromatic rings. The zero-order valence-corrected chi connectivity index (χ0v) is 11.8. The van der Waals surface area contributed by atoms with Gasteiger partial charge in [-0.05, 0) is 19.1 Å². The first-order chi connectivity index (χ1) is 9.73. The number of hydrogen-bond donors (Lipinski definition) is 0. The van der Waals surface area contributed by atoms with Gasteiger partial charge in [0.15, 0.2) is 5.69 Å². The summed E-state index contributed by atoms with van der Waals surface area (Å²) in [5.41, 5.74) is -0.954. The largest absolute Gasteiger partial charge is 0.435 e. The summed E-state index contributed by atoms with van der Waals surface area (Å²) in [7, 11) is 2.81. The number of amides is 1. The van der Waals surface area contributed by atoms with Crippen LogP contribution in [0.2, 0.25) is 0 Å². The number of carbonyl (C=O) groups is 1. The Morgan fingerprint density at radius 2 is 1.76 bits per heavy atom. The Balaban J connectivity index is 2.69. The molecule has 0 unspecified atom stereocenters. The molecule has 0 aliphatic carbocycles. The lowest BCUT2D eigenvalue weighted by molar-refractivity contribution is -0.141. The maximum absolute atomic E-state index is 13.1. The van der Waals surface area contributed by atoms with Gasteiger partial charge in [-0.2, -0.15) is 18.3 Å². The minimum Gasteiger partial charge on any atom is -0.345 e. The molecule has 0 saturated carbocycles. The van der Waals surface area contributed by atoms with Crippen LogP contribution in [0.1, 0.15) is 21.7 Å². The molecule has 1 amide bonds. The Bertz CT molecular complexity index is 660. The fourth-order valence-electron chi connectivity index (χ4n) is 2.00. The molecule has 7 heteroatoms. The highest BCUT2D eigenvalue weighted by Crippen LogP contribution is 2.33. The van der Waals surface area contributed by atoms with Gasteiger partial charge in [0.05, 0.1) is 16.9 Å². The summed E-state index contributed by atoms with van der Waals surface area (Å²) in [5, 5.41) is 3.60. The number of aromatic nitrogens is 2. The number of halogens is 3. The number of alkyl halides is 3. The maximum atomic E-state index is 13.1. The molecule has 2 rings (SSSR count). The first-order valence-electron chi connectivity index (χ1n) is 6.17. The van der Waals surface area contributed by atoms with E-state index < -0.39 is 23.3 Å². The number of carbonyl (C=O) groups excluding carboxylic acids is 1. The van der Waals surface area contributed by atoms with E-state index in [2.05, 4.69) is 5.10 Å². The van der Waals surface area contributed by atoms with Gasteiger partial charge in [-0.1, -0.05) is 18.2 Å². The van der Waals surface area contributed by atoms with Crippen molar-refractivity contribution < 1.29 is 18.0 Å². The average Bonchev–Trinajstić information content (AvgIpc) is 2.76. The van der Waals surface area contributed by atoms with Crippen LogP contribution in [0, 0.1) is 6.92 Å². The van der Waals surface area contributed by atoms with Crippen molar-refractivity contribution in [1.82, 2.24) is 14.7 Å². The quantitative estimate of drug-likeness (QED) is 0.855. The summed E-state index contributed by atoms with van der Waals surface area (Å²) in [6.07, 6.45) is -4.69. The fourth-order valence-corrected chi connectivity index (χ4v) is 2.00. The van der Waals surface area contributed by atoms with Gasteiger partial charge in [-0.3, -0.25) is 4.79 Å². The van der Waals surface area contributed by atoms with Gasteiger partial charge in [0, 0.05) is 14.1 Å². The SMILES string of the molecule is Cc1c(C(=O)N(C)C)c(C(F)(F)F)nn1-c1ccccc1. The molecule has 0 aliphatic rings. The van der Waals surface area contributed by atoms with E-state index in [-0.39, 0.29) is 5.69 Å². The lowest BCUT2D eigenvalue weighted by atomic mass is 10.1. The number of hydrogen-bond acceptors (Lipinski definition) is 2.